The summed E-state index contributed by atoms with van der Waals surface area (Å²) in [6.07, 6.45) is 1.72. The summed E-state index contributed by atoms with van der Waals surface area (Å²) < 4.78 is 0.394. The van der Waals surface area contributed by atoms with Gasteiger partial charge in [-0.2, -0.15) is 0 Å². The van der Waals surface area contributed by atoms with E-state index in [0.717, 1.165) is 27.5 Å². The molecule has 1 unspecified atom stereocenters. The van der Waals surface area contributed by atoms with E-state index in [1.54, 1.807) is 6.33 Å². The van der Waals surface area contributed by atoms with Gasteiger partial charge in [0.05, 0.1) is 22.3 Å². The van der Waals surface area contributed by atoms with Gasteiger partial charge < -0.3 is 9.88 Å². The zero-order valence-corrected chi connectivity index (χ0v) is 12.0. The van der Waals surface area contributed by atoms with Crippen LogP contribution in [-0.2, 0) is 0 Å². The summed E-state index contributed by atoms with van der Waals surface area (Å²) in [7, 11) is 0. The van der Waals surface area contributed by atoms with Gasteiger partial charge in [-0.05, 0) is 40.8 Å². The van der Waals surface area contributed by atoms with Crippen LogP contribution >= 0.6 is 46.6 Å². The lowest BCUT2D eigenvalue weighted by Gasteiger charge is -2.21. The molecule has 0 spiro atoms. The van der Waals surface area contributed by atoms with Crippen LogP contribution in [0.4, 0.5) is 5.69 Å². The number of aromatic nitrogens is 2. The Labute approximate surface area is 116 Å². The Balaban J connectivity index is 2.07. The second-order valence-corrected chi connectivity index (χ2v) is 7.04. The van der Waals surface area contributed by atoms with Crippen molar-refractivity contribution in [3.63, 3.8) is 0 Å². The number of thioether (sulfide) groups is 1. The van der Waals surface area contributed by atoms with Gasteiger partial charge in [0.25, 0.3) is 0 Å². The molecule has 2 aromatic rings. The minimum Gasteiger partial charge on any atom is -0.345 e. The number of thiocarbonyl (C=S) groups is 1. The zero-order chi connectivity index (χ0) is 11.1. The Kier molecular flexibility index (Phi) is 2.80. The van der Waals surface area contributed by atoms with Gasteiger partial charge >= 0.3 is 0 Å². The van der Waals surface area contributed by atoms with E-state index in [1.807, 2.05) is 17.8 Å². The van der Waals surface area contributed by atoms with Crippen LogP contribution in [-0.4, -0.2) is 24.1 Å². The Morgan fingerprint density at radius 1 is 1.56 bits per heavy atom. The van der Waals surface area contributed by atoms with E-state index < -0.39 is 0 Å². The molecule has 1 atom stereocenters. The molecule has 6 heteroatoms. The van der Waals surface area contributed by atoms with Crippen molar-refractivity contribution in [2.45, 2.75) is 3.38 Å². The molecule has 0 amide bonds. The highest BCUT2D eigenvalue weighted by atomic mass is 127. The van der Waals surface area contributed by atoms with Crippen molar-refractivity contribution in [3.8, 4) is 0 Å². The number of anilines is 1. The van der Waals surface area contributed by atoms with Crippen LogP contribution in [0, 0.1) is 0 Å². The first-order chi connectivity index (χ1) is 7.75. The van der Waals surface area contributed by atoms with Gasteiger partial charge in [-0.1, -0.05) is 12.2 Å². The van der Waals surface area contributed by atoms with Crippen molar-refractivity contribution in [1.82, 2.24) is 9.97 Å². The van der Waals surface area contributed by atoms with E-state index in [4.69, 9.17) is 12.2 Å². The number of nitrogens with one attached hydrogen (secondary N) is 1. The Hall–Kier alpha value is -0.340. The Morgan fingerprint density at radius 3 is 3.19 bits per heavy atom. The molecule has 1 aliphatic rings. The number of nitrogens with zero attached hydrogens (tertiary/aromatic N) is 2. The van der Waals surface area contributed by atoms with E-state index in [2.05, 4.69) is 49.6 Å². The van der Waals surface area contributed by atoms with Gasteiger partial charge in [-0.3, -0.25) is 0 Å². The molecule has 1 aromatic heterocycles. The molecule has 0 saturated carbocycles. The summed E-state index contributed by atoms with van der Waals surface area (Å²) in [5.41, 5.74) is 3.19. The first-order valence-corrected chi connectivity index (χ1v) is 7.47. The van der Waals surface area contributed by atoms with E-state index in [9.17, 15) is 0 Å². The highest BCUT2D eigenvalue weighted by Crippen LogP contribution is 2.35. The number of fused-ring (bicyclic) bond motifs is 1. The summed E-state index contributed by atoms with van der Waals surface area (Å²) in [4.78, 5) is 10.5. The molecule has 16 heavy (non-hydrogen) atoms. The van der Waals surface area contributed by atoms with Crippen LogP contribution in [0.3, 0.4) is 0 Å². The second kappa shape index (κ2) is 4.15. The molecule has 1 N–H and O–H groups in total. The lowest BCUT2D eigenvalue weighted by atomic mass is 10.2. The van der Waals surface area contributed by atoms with Crippen molar-refractivity contribution in [2.24, 2.45) is 0 Å². The lowest BCUT2D eigenvalue weighted by Crippen LogP contribution is -2.27. The molecular formula is C10H8IN3S2. The number of imidazole rings is 1. The third-order valence-electron chi connectivity index (χ3n) is 2.50. The van der Waals surface area contributed by atoms with Crippen LogP contribution in [0.5, 0.6) is 0 Å². The maximum Gasteiger partial charge on any atom is 0.133 e. The molecule has 82 valence electrons. The number of hydrogen-bond acceptors (Lipinski definition) is 3. The molecule has 1 aromatic carbocycles. The van der Waals surface area contributed by atoms with Crippen LogP contribution in [0.15, 0.2) is 24.5 Å². The monoisotopic (exact) mass is 361 g/mol. The summed E-state index contributed by atoms with van der Waals surface area (Å²) in [5.74, 6) is 0.934. The fourth-order valence-corrected chi connectivity index (χ4v) is 4.42. The molecule has 1 aliphatic heterocycles. The van der Waals surface area contributed by atoms with Gasteiger partial charge in [0.1, 0.15) is 3.38 Å². The number of aromatic amines is 1. The molecular weight excluding hydrogens is 353 g/mol. The van der Waals surface area contributed by atoms with Gasteiger partial charge in [0.2, 0.25) is 0 Å². The van der Waals surface area contributed by atoms with Gasteiger partial charge in [-0.25, -0.2) is 4.98 Å². The molecule has 3 nitrogen and oxygen atoms in total. The van der Waals surface area contributed by atoms with Crippen molar-refractivity contribution >= 4 is 68.3 Å². The summed E-state index contributed by atoms with van der Waals surface area (Å²) in [5, 5.41) is 0. The van der Waals surface area contributed by atoms with Crippen LogP contribution in [0.25, 0.3) is 11.0 Å². The SMILES string of the molecule is S=C1CSC(I)N1c1ccc2nc[nH]c2c1. The third-order valence-corrected chi connectivity index (χ3v) is 5.58. The predicted octanol–water partition coefficient (Wildman–Crippen LogP) is 3.16. The topological polar surface area (TPSA) is 31.9 Å². The molecule has 0 aliphatic carbocycles. The molecule has 1 fully saturated rings. The number of H-pyrrole nitrogens is 1. The first-order valence-electron chi connectivity index (χ1n) is 4.76. The minimum atomic E-state index is 0.394. The fourth-order valence-electron chi connectivity index (χ4n) is 1.73. The maximum atomic E-state index is 5.38. The number of rotatable bonds is 1. The number of alkyl halides is 1. The highest BCUT2D eigenvalue weighted by Gasteiger charge is 2.27. The van der Waals surface area contributed by atoms with Gasteiger partial charge in [-0.15, -0.1) is 11.8 Å². The molecule has 3 rings (SSSR count). The van der Waals surface area contributed by atoms with Crippen molar-refractivity contribution in [2.75, 3.05) is 10.7 Å². The lowest BCUT2D eigenvalue weighted by molar-refractivity contribution is 1.24. The average molecular weight is 361 g/mol. The number of halogens is 1. The normalized spacial score (nSPS) is 20.9. The van der Waals surface area contributed by atoms with Crippen molar-refractivity contribution in [3.05, 3.63) is 24.5 Å². The zero-order valence-electron chi connectivity index (χ0n) is 8.18. The number of benzene rings is 1. The number of hydrogen-bond donors (Lipinski definition) is 1. The fraction of sp³-hybridized carbons (Fsp3) is 0.200. The van der Waals surface area contributed by atoms with E-state index in [1.165, 1.54) is 0 Å². The largest absolute Gasteiger partial charge is 0.345 e. The standard InChI is InChI=1S/C10H8IN3S2/c11-10-14(9(15)4-16-10)6-1-2-7-8(3-6)13-5-12-7/h1-3,5,10H,4H2,(H,12,13). The van der Waals surface area contributed by atoms with Crippen molar-refractivity contribution < 1.29 is 0 Å². The Morgan fingerprint density at radius 2 is 2.44 bits per heavy atom. The smallest absolute Gasteiger partial charge is 0.133 e. The van der Waals surface area contributed by atoms with Crippen molar-refractivity contribution in [1.29, 1.82) is 0 Å². The van der Waals surface area contributed by atoms with Gasteiger partial charge in [0, 0.05) is 11.4 Å². The molecule has 0 radical (unpaired) electrons. The molecule has 1 saturated heterocycles. The molecule has 0 bridgehead atoms. The summed E-state index contributed by atoms with van der Waals surface area (Å²) >= 11 is 9.65. The maximum absolute atomic E-state index is 5.38. The van der Waals surface area contributed by atoms with Crippen LogP contribution < -0.4 is 4.90 Å². The van der Waals surface area contributed by atoms with E-state index in [0.29, 0.717) is 3.38 Å². The van der Waals surface area contributed by atoms with E-state index >= 15 is 0 Å². The van der Waals surface area contributed by atoms with Crippen LogP contribution in [0.2, 0.25) is 0 Å². The third kappa shape index (κ3) is 1.72. The first kappa shape index (κ1) is 10.8. The minimum absolute atomic E-state index is 0.394. The van der Waals surface area contributed by atoms with Crippen LogP contribution in [0.1, 0.15) is 0 Å². The Bertz CT molecular complexity index is 554. The van der Waals surface area contributed by atoms with Gasteiger partial charge in [0.15, 0.2) is 0 Å². The quantitative estimate of drug-likeness (QED) is 0.366. The highest BCUT2D eigenvalue weighted by molar-refractivity contribution is 14.1. The summed E-state index contributed by atoms with van der Waals surface area (Å²) in [6, 6.07) is 6.20. The summed E-state index contributed by atoms with van der Waals surface area (Å²) in [6.45, 7) is 0. The molecule has 2 heterocycles. The van der Waals surface area contributed by atoms with E-state index in [-0.39, 0.29) is 0 Å². The predicted molar refractivity (Wildman–Crippen MR) is 81.4 cm³/mol. The second-order valence-electron chi connectivity index (χ2n) is 3.47. The average Bonchev–Trinajstić information content (AvgIpc) is 2.85.